The maximum atomic E-state index is 11.9. The SMILES string of the molecule is CCOC(=O)c1ccccc1NC(=S)c1ccc(OC)cc1. The zero-order valence-electron chi connectivity index (χ0n) is 12.5. The Morgan fingerprint density at radius 3 is 2.45 bits per heavy atom. The van der Waals surface area contributed by atoms with Crippen LogP contribution in [0.1, 0.15) is 22.8 Å². The van der Waals surface area contributed by atoms with Crippen molar-refractivity contribution >= 4 is 28.9 Å². The molecule has 0 amide bonds. The average Bonchev–Trinajstić information content (AvgIpc) is 2.55. The van der Waals surface area contributed by atoms with Gasteiger partial charge in [-0.25, -0.2) is 4.79 Å². The van der Waals surface area contributed by atoms with Gasteiger partial charge in [0.15, 0.2) is 0 Å². The van der Waals surface area contributed by atoms with E-state index in [2.05, 4.69) is 5.32 Å². The number of nitrogens with one attached hydrogen (secondary N) is 1. The molecular formula is C17H17NO3S. The predicted octanol–water partition coefficient (Wildman–Crippen LogP) is 3.66. The van der Waals surface area contributed by atoms with Crippen LogP contribution >= 0.6 is 12.2 Å². The Kier molecular flexibility index (Phi) is 5.49. The van der Waals surface area contributed by atoms with E-state index in [1.807, 2.05) is 30.3 Å². The second-order valence-electron chi connectivity index (χ2n) is 4.45. The molecule has 0 unspecified atom stereocenters. The minimum absolute atomic E-state index is 0.329. The largest absolute Gasteiger partial charge is 0.497 e. The van der Waals surface area contributed by atoms with Crippen LogP contribution in [0.25, 0.3) is 0 Å². The zero-order chi connectivity index (χ0) is 15.9. The van der Waals surface area contributed by atoms with Crippen molar-refractivity contribution in [3.8, 4) is 5.75 Å². The minimum atomic E-state index is -0.372. The molecule has 0 fully saturated rings. The fourth-order valence-electron chi connectivity index (χ4n) is 1.92. The molecule has 0 atom stereocenters. The van der Waals surface area contributed by atoms with Gasteiger partial charge in [0.25, 0.3) is 0 Å². The van der Waals surface area contributed by atoms with Gasteiger partial charge in [-0.15, -0.1) is 0 Å². The van der Waals surface area contributed by atoms with Gasteiger partial charge in [-0.05, 0) is 43.3 Å². The average molecular weight is 315 g/mol. The van der Waals surface area contributed by atoms with Gasteiger partial charge in [-0.2, -0.15) is 0 Å². The van der Waals surface area contributed by atoms with Crippen LogP contribution in [0.4, 0.5) is 5.69 Å². The summed E-state index contributed by atoms with van der Waals surface area (Å²) in [6.07, 6.45) is 0. The number of anilines is 1. The van der Waals surface area contributed by atoms with Gasteiger partial charge in [-0.3, -0.25) is 0 Å². The van der Waals surface area contributed by atoms with Crippen LogP contribution in [0, 0.1) is 0 Å². The highest BCUT2D eigenvalue weighted by molar-refractivity contribution is 7.81. The van der Waals surface area contributed by atoms with Crippen molar-refractivity contribution in [2.24, 2.45) is 0 Å². The van der Waals surface area contributed by atoms with Gasteiger partial charge in [0, 0.05) is 5.56 Å². The van der Waals surface area contributed by atoms with E-state index in [0.29, 0.717) is 22.8 Å². The van der Waals surface area contributed by atoms with Gasteiger partial charge in [0.2, 0.25) is 0 Å². The predicted molar refractivity (Wildman–Crippen MR) is 90.7 cm³/mol. The molecule has 5 heteroatoms. The lowest BCUT2D eigenvalue weighted by Crippen LogP contribution is -2.15. The highest BCUT2D eigenvalue weighted by atomic mass is 32.1. The zero-order valence-corrected chi connectivity index (χ0v) is 13.3. The van der Waals surface area contributed by atoms with Crippen molar-refractivity contribution < 1.29 is 14.3 Å². The van der Waals surface area contributed by atoms with Gasteiger partial charge in [0.05, 0.1) is 25.0 Å². The third-order valence-corrected chi connectivity index (χ3v) is 3.36. The van der Waals surface area contributed by atoms with Crippen LogP contribution in [-0.2, 0) is 4.74 Å². The smallest absolute Gasteiger partial charge is 0.340 e. The normalized spacial score (nSPS) is 9.91. The van der Waals surface area contributed by atoms with Gasteiger partial charge >= 0.3 is 5.97 Å². The van der Waals surface area contributed by atoms with E-state index in [-0.39, 0.29) is 5.97 Å². The summed E-state index contributed by atoms with van der Waals surface area (Å²) < 4.78 is 10.2. The number of carbonyl (C=O) groups is 1. The van der Waals surface area contributed by atoms with Crippen LogP contribution in [0.15, 0.2) is 48.5 Å². The lowest BCUT2D eigenvalue weighted by molar-refractivity contribution is 0.0527. The quantitative estimate of drug-likeness (QED) is 0.674. The number of carbonyl (C=O) groups excluding carboxylic acids is 1. The van der Waals surface area contributed by atoms with Crippen molar-refractivity contribution in [3.05, 3.63) is 59.7 Å². The minimum Gasteiger partial charge on any atom is -0.497 e. The molecule has 2 aromatic carbocycles. The summed E-state index contributed by atoms with van der Waals surface area (Å²) in [4.78, 5) is 12.5. The monoisotopic (exact) mass is 315 g/mol. The molecule has 0 aromatic heterocycles. The molecule has 114 valence electrons. The Morgan fingerprint density at radius 2 is 1.82 bits per heavy atom. The molecule has 0 radical (unpaired) electrons. The van der Waals surface area contributed by atoms with Crippen molar-refractivity contribution in [3.63, 3.8) is 0 Å². The molecule has 0 spiro atoms. The molecule has 0 aliphatic rings. The summed E-state index contributed by atoms with van der Waals surface area (Å²) in [5.41, 5.74) is 1.93. The van der Waals surface area contributed by atoms with Crippen LogP contribution in [0.5, 0.6) is 5.75 Å². The summed E-state index contributed by atoms with van der Waals surface area (Å²) >= 11 is 5.39. The fourth-order valence-corrected chi connectivity index (χ4v) is 2.16. The van der Waals surface area contributed by atoms with E-state index in [1.54, 1.807) is 32.2 Å². The van der Waals surface area contributed by atoms with Gasteiger partial charge in [0.1, 0.15) is 10.7 Å². The number of methoxy groups -OCH3 is 1. The van der Waals surface area contributed by atoms with Crippen molar-refractivity contribution in [2.75, 3.05) is 19.0 Å². The third-order valence-electron chi connectivity index (χ3n) is 3.02. The number of esters is 1. The standard InChI is InChI=1S/C17H17NO3S/c1-3-21-17(19)14-6-4-5-7-15(14)18-16(22)12-8-10-13(20-2)11-9-12/h4-11H,3H2,1-2H3,(H,18,22). The molecule has 2 aromatic rings. The lowest BCUT2D eigenvalue weighted by Gasteiger charge is -2.12. The van der Waals surface area contributed by atoms with Crippen molar-refractivity contribution in [1.29, 1.82) is 0 Å². The number of rotatable bonds is 5. The molecule has 0 bridgehead atoms. The van der Waals surface area contributed by atoms with Crippen LogP contribution in [-0.4, -0.2) is 24.7 Å². The van der Waals surface area contributed by atoms with Crippen LogP contribution < -0.4 is 10.1 Å². The summed E-state index contributed by atoms with van der Waals surface area (Å²) in [6, 6.07) is 14.5. The van der Waals surface area contributed by atoms with E-state index in [0.717, 1.165) is 11.3 Å². The van der Waals surface area contributed by atoms with Crippen LogP contribution in [0.2, 0.25) is 0 Å². The molecule has 0 saturated heterocycles. The van der Waals surface area contributed by atoms with E-state index < -0.39 is 0 Å². The summed E-state index contributed by atoms with van der Waals surface area (Å²) in [7, 11) is 1.61. The summed E-state index contributed by atoms with van der Waals surface area (Å²) in [6.45, 7) is 2.10. The first-order valence-corrected chi connectivity index (χ1v) is 7.28. The first-order valence-electron chi connectivity index (χ1n) is 6.87. The Labute approximate surface area is 135 Å². The molecule has 0 aliphatic carbocycles. The summed E-state index contributed by atoms with van der Waals surface area (Å²) in [5, 5.41) is 3.09. The van der Waals surface area contributed by atoms with Gasteiger partial charge in [-0.1, -0.05) is 24.4 Å². The molecule has 22 heavy (non-hydrogen) atoms. The second kappa shape index (κ2) is 7.56. The fraction of sp³-hybridized carbons (Fsp3) is 0.176. The van der Waals surface area contributed by atoms with E-state index in [9.17, 15) is 4.79 Å². The number of ether oxygens (including phenoxy) is 2. The number of para-hydroxylation sites is 1. The topological polar surface area (TPSA) is 47.6 Å². The molecule has 2 rings (SSSR count). The number of hydrogen-bond acceptors (Lipinski definition) is 4. The molecule has 0 aliphatic heterocycles. The number of thiocarbonyl (C=S) groups is 1. The summed E-state index contributed by atoms with van der Waals surface area (Å²) in [5.74, 6) is 0.390. The Morgan fingerprint density at radius 1 is 1.14 bits per heavy atom. The maximum Gasteiger partial charge on any atom is 0.340 e. The first-order chi connectivity index (χ1) is 10.7. The molecule has 0 saturated carbocycles. The number of hydrogen-bond donors (Lipinski definition) is 1. The third kappa shape index (κ3) is 3.83. The Balaban J connectivity index is 2.19. The van der Waals surface area contributed by atoms with Crippen molar-refractivity contribution in [2.45, 2.75) is 6.92 Å². The Hall–Kier alpha value is -2.40. The van der Waals surface area contributed by atoms with Crippen LogP contribution in [0.3, 0.4) is 0 Å². The van der Waals surface area contributed by atoms with E-state index in [1.165, 1.54) is 0 Å². The Bertz CT molecular complexity index is 668. The van der Waals surface area contributed by atoms with Crippen molar-refractivity contribution in [1.82, 2.24) is 0 Å². The molecule has 0 heterocycles. The lowest BCUT2D eigenvalue weighted by atomic mass is 10.1. The van der Waals surface area contributed by atoms with E-state index >= 15 is 0 Å². The molecule has 4 nitrogen and oxygen atoms in total. The van der Waals surface area contributed by atoms with Gasteiger partial charge < -0.3 is 14.8 Å². The molecular weight excluding hydrogens is 298 g/mol. The second-order valence-corrected chi connectivity index (χ2v) is 4.86. The highest BCUT2D eigenvalue weighted by Gasteiger charge is 2.13. The highest BCUT2D eigenvalue weighted by Crippen LogP contribution is 2.19. The first kappa shape index (κ1) is 16.0. The van der Waals surface area contributed by atoms with E-state index in [4.69, 9.17) is 21.7 Å². The maximum absolute atomic E-state index is 11.9. The molecule has 1 N–H and O–H groups in total. The number of benzene rings is 2.